The summed E-state index contributed by atoms with van der Waals surface area (Å²) in [6.07, 6.45) is 1.60. The first-order chi connectivity index (χ1) is 13.0. The van der Waals surface area contributed by atoms with Gasteiger partial charge in [0.2, 0.25) is 0 Å². The molecule has 0 aliphatic heterocycles. The van der Waals surface area contributed by atoms with Gasteiger partial charge in [0.05, 0.1) is 27.9 Å². The summed E-state index contributed by atoms with van der Waals surface area (Å²) in [6.45, 7) is 0. The molecule has 0 saturated heterocycles. The summed E-state index contributed by atoms with van der Waals surface area (Å²) in [6, 6.07) is 15.3. The summed E-state index contributed by atoms with van der Waals surface area (Å²) >= 11 is 5.80. The monoisotopic (exact) mass is 380 g/mol. The lowest BCUT2D eigenvalue weighted by molar-refractivity contribution is 0.102. The van der Waals surface area contributed by atoms with Crippen LogP contribution in [0.25, 0.3) is 22.3 Å². The largest absolute Gasteiger partial charge is 0.322 e. The van der Waals surface area contributed by atoms with E-state index in [0.29, 0.717) is 28.0 Å². The zero-order valence-corrected chi connectivity index (χ0v) is 15.0. The molecule has 0 aliphatic carbocycles. The highest BCUT2D eigenvalue weighted by molar-refractivity contribution is 6.31. The van der Waals surface area contributed by atoms with Crippen molar-refractivity contribution in [1.82, 2.24) is 14.8 Å². The number of fused-ring (bicyclic) bond motifs is 1. The van der Waals surface area contributed by atoms with Crippen molar-refractivity contribution in [3.8, 4) is 11.3 Å². The average Bonchev–Trinajstić information content (AvgIpc) is 3.06. The van der Waals surface area contributed by atoms with Crippen molar-refractivity contribution in [3.63, 3.8) is 0 Å². The van der Waals surface area contributed by atoms with Gasteiger partial charge in [-0.05, 0) is 24.3 Å². The molecule has 4 aromatic rings. The molecule has 0 unspecified atom stereocenters. The Hall–Kier alpha value is -3.25. The van der Waals surface area contributed by atoms with Gasteiger partial charge in [-0.25, -0.2) is 9.37 Å². The molecule has 0 bridgehead atoms. The second-order valence-electron chi connectivity index (χ2n) is 6.01. The predicted molar refractivity (Wildman–Crippen MR) is 103 cm³/mol. The summed E-state index contributed by atoms with van der Waals surface area (Å²) in [7, 11) is 1.77. The molecule has 0 aliphatic rings. The number of hydrogen-bond donors (Lipinski definition) is 1. The highest BCUT2D eigenvalue weighted by atomic mass is 35.5. The van der Waals surface area contributed by atoms with Crippen LogP contribution in [-0.4, -0.2) is 20.7 Å². The molecule has 1 amide bonds. The highest BCUT2D eigenvalue weighted by Gasteiger charge is 2.17. The Bertz CT molecular complexity index is 1160. The Labute approximate surface area is 159 Å². The van der Waals surface area contributed by atoms with Crippen molar-refractivity contribution in [3.05, 3.63) is 77.2 Å². The van der Waals surface area contributed by atoms with Crippen LogP contribution in [0.2, 0.25) is 5.02 Å². The summed E-state index contributed by atoms with van der Waals surface area (Å²) in [5.41, 5.74) is 2.97. The van der Waals surface area contributed by atoms with Gasteiger partial charge in [0.15, 0.2) is 5.65 Å². The molecule has 2 aromatic carbocycles. The number of anilines is 1. The van der Waals surface area contributed by atoms with Crippen LogP contribution in [0.1, 0.15) is 10.4 Å². The van der Waals surface area contributed by atoms with E-state index in [4.69, 9.17) is 11.6 Å². The first-order valence-corrected chi connectivity index (χ1v) is 8.55. The smallest absolute Gasteiger partial charge is 0.256 e. The molecule has 0 atom stereocenters. The van der Waals surface area contributed by atoms with Crippen LogP contribution in [0.3, 0.4) is 0 Å². The fourth-order valence-corrected chi connectivity index (χ4v) is 3.01. The van der Waals surface area contributed by atoms with Gasteiger partial charge in [-0.1, -0.05) is 41.9 Å². The van der Waals surface area contributed by atoms with Crippen LogP contribution in [0, 0.1) is 5.82 Å². The average molecular weight is 381 g/mol. The maximum atomic E-state index is 13.3. The molecule has 2 heterocycles. The Morgan fingerprint density at radius 1 is 1.15 bits per heavy atom. The standard InChI is InChI=1S/C20H14ClFN4O/c1-26-19-15(11-23-26)14(10-18(25-19)12-5-3-2-4-6-12)20(27)24-13-7-8-17(22)16(21)9-13/h2-11H,1H3,(H,24,27). The van der Waals surface area contributed by atoms with Gasteiger partial charge in [-0.15, -0.1) is 0 Å². The molecule has 1 N–H and O–H groups in total. The Balaban J connectivity index is 1.80. The van der Waals surface area contributed by atoms with Crippen LogP contribution in [0.15, 0.2) is 60.8 Å². The number of amides is 1. The summed E-state index contributed by atoms with van der Waals surface area (Å²) < 4.78 is 15.0. The number of pyridine rings is 1. The molecule has 0 fully saturated rings. The molecule has 2 aromatic heterocycles. The van der Waals surface area contributed by atoms with Gasteiger partial charge >= 0.3 is 0 Å². The number of carbonyl (C=O) groups is 1. The van der Waals surface area contributed by atoms with E-state index in [2.05, 4.69) is 15.4 Å². The van der Waals surface area contributed by atoms with Crippen LogP contribution >= 0.6 is 11.6 Å². The minimum atomic E-state index is -0.542. The second-order valence-corrected chi connectivity index (χ2v) is 6.42. The third-order valence-corrected chi connectivity index (χ3v) is 4.49. The fourth-order valence-electron chi connectivity index (χ4n) is 2.83. The van der Waals surface area contributed by atoms with Crippen LogP contribution in [-0.2, 0) is 7.05 Å². The first-order valence-electron chi connectivity index (χ1n) is 8.17. The van der Waals surface area contributed by atoms with Crippen molar-refractivity contribution < 1.29 is 9.18 Å². The molecule has 0 radical (unpaired) electrons. The van der Waals surface area contributed by atoms with E-state index in [0.717, 1.165) is 5.56 Å². The topological polar surface area (TPSA) is 59.8 Å². The van der Waals surface area contributed by atoms with Crippen LogP contribution in [0.4, 0.5) is 10.1 Å². The highest BCUT2D eigenvalue weighted by Crippen LogP contribution is 2.26. The SMILES string of the molecule is Cn1ncc2c(C(=O)Nc3ccc(F)c(Cl)c3)cc(-c3ccccc3)nc21. The maximum absolute atomic E-state index is 13.3. The lowest BCUT2D eigenvalue weighted by Gasteiger charge is -2.09. The molecule has 0 saturated carbocycles. The number of carbonyl (C=O) groups excluding carboxylic acids is 1. The lowest BCUT2D eigenvalue weighted by atomic mass is 10.1. The molecular formula is C20H14ClFN4O. The summed E-state index contributed by atoms with van der Waals surface area (Å²) in [5, 5.41) is 7.53. The van der Waals surface area contributed by atoms with Gasteiger partial charge in [0.25, 0.3) is 5.91 Å². The molecule has 134 valence electrons. The van der Waals surface area contributed by atoms with E-state index in [-0.39, 0.29) is 10.9 Å². The molecule has 0 spiro atoms. The summed E-state index contributed by atoms with van der Waals surface area (Å²) in [5.74, 6) is -0.894. The Kier molecular flexibility index (Phi) is 4.33. The number of rotatable bonds is 3. The van der Waals surface area contributed by atoms with Gasteiger partial charge < -0.3 is 5.32 Å². The zero-order chi connectivity index (χ0) is 19.0. The third-order valence-electron chi connectivity index (χ3n) is 4.20. The Morgan fingerprint density at radius 2 is 1.93 bits per heavy atom. The van der Waals surface area contributed by atoms with Crippen LogP contribution in [0.5, 0.6) is 0 Å². The third kappa shape index (κ3) is 3.27. The van der Waals surface area contributed by atoms with Gasteiger partial charge in [-0.3, -0.25) is 9.48 Å². The van der Waals surface area contributed by atoms with Crippen molar-refractivity contribution in [1.29, 1.82) is 0 Å². The lowest BCUT2D eigenvalue weighted by Crippen LogP contribution is -2.13. The number of benzene rings is 2. The number of hydrogen-bond acceptors (Lipinski definition) is 3. The van der Waals surface area contributed by atoms with E-state index in [1.165, 1.54) is 18.2 Å². The van der Waals surface area contributed by atoms with Crippen molar-refractivity contribution >= 4 is 34.2 Å². The molecule has 27 heavy (non-hydrogen) atoms. The van der Waals surface area contributed by atoms with Crippen LogP contribution < -0.4 is 5.32 Å². The Morgan fingerprint density at radius 3 is 2.67 bits per heavy atom. The van der Waals surface area contributed by atoms with E-state index >= 15 is 0 Å². The first kappa shape index (κ1) is 17.2. The van der Waals surface area contributed by atoms with Crippen molar-refractivity contribution in [2.45, 2.75) is 0 Å². The number of nitrogens with zero attached hydrogens (tertiary/aromatic N) is 3. The molecule has 7 heteroatoms. The summed E-state index contributed by atoms with van der Waals surface area (Å²) in [4.78, 5) is 17.5. The van der Waals surface area contributed by atoms with Crippen molar-refractivity contribution in [2.24, 2.45) is 7.05 Å². The molecular weight excluding hydrogens is 367 g/mol. The number of halogens is 2. The van der Waals surface area contributed by atoms with Gasteiger partial charge in [0.1, 0.15) is 5.82 Å². The number of aromatic nitrogens is 3. The van der Waals surface area contributed by atoms with E-state index in [9.17, 15) is 9.18 Å². The van der Waals surface area contributed by atoms with Crippen molar-refractivity contribution in [2.75, 3.05) is 5.32 Å². The van der Waals surface area contributed by atoms with E-state index in [1.807, 2.05) is 30.3 Å². The number of aryl methyl sites for hydroxylation is 1. The predicted octanol–water partition coefficient (Wildman–Crippen LogP) is 4.68. The quantitative estimate of drug-likeness (QED) is 0.561. The van der Waals surface area contributed by atoms with E-state index < -0.39 is 5.82 Å². The van der Waals surface area contributed by atoms with E-state index in [1.54, 1.807) is 24.0 Å². The minimum Gasteiger partial charge on any atom is -0.322 e. The maximum Gasteiger partial charge on any atom is 0.256 e. The second kappa shape index (κ2) is 6.81. The van der Waals surface area contributed by atoms with Gasteiger partial charge in [0, 0.05) is 18.3 Å². The molecule has 4 rings (SSSR count). The number of nitrogens with one attached hydrogen (secondary N) is 1. The zero-order valence-electron chi connectivity index (χ0n) is 14.3. The minimum absolute atomic E-state index is 0.0565. The normalized spacial score (nSPS) is 10.9. The molecule has 5 nitrogen and oxygen atoms in total. The van der Waals surface area contributed by atoms with Gasteiger partial charge in [-0.2, -0.15) is 5.10 Å². The fraction of sp³-hybridized carbons (Fsp3) is 0.0500.